The van der Waals surface area contributed by atoms with Gasteiger partial charge in [-0.05, 0) is 32.4 Å². The summed E-state index contributed by atoms with van der Waals surface area (Å²) in [4.78, 5) is 11.7. The zero-order valence-electron chi connectivity index (χ0n) is 17.0. The van der Waals surface area contributed by atoms with Gasteiger partial charge in [-0.3, -0.25) is 0 Å². The highest BCUT2D eigenvalue weighted by Gasteiger charge is 2.43. The van der Waals surface area contributed by atoms with Crippen molar-refractivity contribution in [3.05, 3.63) is 48.0 Å². The van der Waals surface area contributed by atoms with Crippen molar-refractivity contribution in [2.45, 2.75) is 51.5 Å². The Balaban J connectivity index is 2.15. The topological polar surface area (TPSA) is 72.5 Å². The lowest BCUT2D eigenvalue weighted by molar-refractivity contribution is -0.337. The summed E-state index contributed by atoms with van der Waals surface area (Å²) in [5, 5.41) is 0. The summed E-state index contributed by atoms with van der Waals surface area (Å²) in [5.41, 5.74) is 1.03. The molecule has 156 valence electrons. The molecule has 1 aliphatic heterocycles. The Bertz CT molecular complexity index is 614. The first-order chi connectivity index (χ1) is 13.4. The van der Waals surface area contributed by atoms with E-state index in [0.717, 1.165) is 5.56 Å². The number of carbonyl (C=O) groups is 1. The van der Waals surface area contributed by atoms with Crippen molar-refractivity contribution in [1.29, 1.82) is 0 Å². The Morgan fingerprint density at radius 3 is 2.64 bits per heavy atom. The quantitative estimate of drug-likeness (QED) is 0.261. The summed E-state index contributed by atoms with van der Waals surface area (Å²) in [6.07, 6.45) is 1.63. The number of benzene rings is 1. The van der Waals surface area contributed by atoms with E-state index in [-0.39, 0.29) is 13.4 Å². The van der Waals surface area contributed by atoms with Crippen molar-refractivity contribution in [3.63, 3.8) is 0 Å². The highest BCUT2D eigenvalue weighted by Crippen LogP contribution is 2.30. The molecule has 3 atom stereocenters. The van der Waals surface area contributed by atoms with Crippen molar-refractivity contribution >= 4 is 5.97 Å². The maximum Gasteiger partial charge on any atom is 0.330 e. The van der Waals surface area contributed by atoms with Gasteiger partial charge in [-0.2, -0.15) is 0 Å². The van der Waals surface area contributed by atoms with Gasteiger partial charge in [0.25, 0.3) is 0 Å². The van der Waals surface area contributed by atoms with Gasteiger partial charge in [0.2, 0.25) is 0 Å². The standard InChI is InChI=1S/C21H30O7/c1-5-25-19(22)12-11-17-20(26-13-16-9-7-6-8-10-16)18(14-24-15-23-4)28-21(2,3)27-17/h6-12,17-18,20H,5,13-15H2,1-4H3/b12-11+/t17-,18+,20+/m1/s1. The van der Waals surface area contributed by atoms with Crippen LogP contribution >= 0.6 is 0 Å². The van der Waals surface area contributed by atoms with E-state index in [2.05, 4.69) is 0 Å². The molecule has 7 heteroatoms. The lowest BCUT2D eigenvalue weighted by Crippen LogP contribution is -2.56. The number of methoxy groups -OCH3 is 1. The monoisotopic (exact) mass is 394 g/mol. The number of rotatable bonds is 10. The molecule has 0 aliphatic carbocycles. The van der Waals surface area contributed by atoms with Crippen LogP contribution in [0.15, 0.2) is 42.5 Å². The summed E-state index contributed by atoms with van der Waals surface area (Å²) in [5.74, 6) is -1.29. The minimum Gasteiger partial charge on any atom is -0.463 e. The second kappa shape index (κ2) is 11.3. The molecule has 0 saturated carbocycles. The van der Waals surface area contributed by atoms with Crippen molar-refractivity contribution in [3.8, 4) is 0 Å². The molecule has 0 N–H and O–H groups in total. The predicted molar refractivity (Wildman–Crippen MR) is 102 cm³/mol. The largest absolute Gasteiger partial charge is 0.463 e. The summed E-state index contributed by atoms with van der Waals surface area (Å²) < 4.78 is 33.6. The van der Waals surface area contributed by atoms with Crippen LogP contribution in [0, 0.1) is 0 Å². The maximum absolute atomic E-state index is 11.7. The van der Waals surface area contributed by atoms with Gasteiger partial charge in [-0.15, -0.1) is 0 Å². The fourth-order valence-corrected chi connectivity index (χ4v) is 2.92. The maximum atomic E-state index is 11.7. The van der Waals surface area contributed by atoms with Gasteiger partial charge in [0.05, 0.1) is 19.8 Å². The fraction of sp³-hybridized carbons (Fsp3) is 0.571. The van der Waals surface area contributed by atoms with E-state index < -0.39 is 30.1 Å². The molecular formula is C21H30O7. The summed E-state index contributed by atoms with van der Waals surface area (Å²) >= 11 is 0. The van der Waals surface area contributed by atoms with E-state index in [4.69, 9.17) is 28.4 Å². The summed E-state index contributed by atoms with van der Waals surface area (Å²) in [6.45, 7) is 6.49. The van der Waals surface area contributed by atoms with Crippen molar-refractivity contribution in [1.82, 2.24) is 0 Å². The number of carbonyl (C=O) groups excluding carboxylic acids is 1. The zero-order valence-corrected chi connectivity index (χ0v) is 17.0. The second-order valence-electron chi connectivity index (χ2n) is 6.79. The highest BCUT2D eigenvalue weighted by molar-refractivity contribution is 5.81. The van der Waals surface area contributed by atoms with Gasteiger partial charge < -0.3 is 28.4 Å². The van der Waals surface area contributed by atoms with Crippen LogP contribution < -0.4 is 0 Å². The third-order valence-corrected chi connectivity index (χ3v) is 4.02. The third kappa shape index (κ3) is 7.33. The van der Waals surface area contributed by atoms with Crippen molar-refractivity contribution in [2.24, 2.45) is 0 Å². The van der Waals surface area contributed by atoms with Gasteiger partial charge in [0, 0.05) is 13.2 Å². The smallest absolute Gasteiger partial charge is 0.330 e. The lowest BCUT2D eigenvalue weighted by Gasteiger charge is -2.44. The molecule has 1 aromatic carbocycles. The van der Waals surface area contributed by atoms with E-state index in [1.807, 2.05) is 44.2 Å². The summed E-state index contributed by atoms with van der Waals surface area (Å²) in [7, 11) is 1.56. The summed E-state index contributed by atoms with van der Waals surface area (Å²) in [6, 6.07) is 9.81. The molecule has 2 rings (SSSR count). The van der Waals surface area contributed by atoms with E-state index in [9.17, 15) is 4.79 Å². The normalized spacial score (nSPS) is 24.4. The van der Waals surface area contributed by atoms with E-state index in [0.29, 0.717) is 13.2 Å². The molecule has 1 aromatic rings. The molecule has 1 saturated heterocycles. The molecule has 0 spiro atoms. The van der Waals surface area contributed by atoms with Crippen LogP contribution in [-0.4, -0.2) is 57.2 Å². The van der Waals surface area contributed by atoms with Crippen molar-refractivity contribution in [2.75, 3.05) is 27.1 Å². The van der Waals surface area contributed by atoms with Gasteiger partial charge in [0.15, 0.2) is 5.79 Å². The van der Waals surface area contributed by atoms with Gasteiger partial charge in [-0.1, -0.05) is 30.3 Å². The Labute approximate surface area is 166 Å². The SMILES string of the molecule is CCOC(=O)/C=C/[C@H]1OC(C)(C)O[C@@H](COCOC)[C@H]1OCc1ccccc1. The first kappa shape index (κ1) is 22.5. The van der Waals surface area contributed by atoms with E-state index in [1.165, 1.54) is 6.08 Å². The van der Waals surface area contributed by atoms with Crippen LogP contribution in [0.2, 0.25) is 0 Å². The average Bonchev–Trinajstić information content (AvgIpc) is 2.66. The molecular weight excluding hydrogens is 364 g/mol. The number of ether oxygens (including phenoxy) is 6. The van der Waals surface area contributed by atoms with Gasteiger partial charge in [0.1, 0.15) is 25.1 Å². The molecule has 28 heavy (non-hydrogen) atoms. The third-order valence-electron chi connectivity index (χ3n) is 4.02. The Kier molecular flexibility index (Phi) is 9.08. The van der Waals surface area contributed by atoms with Crippen LogP contribution in [0.3, 0.4) is 0 Å². The minimum absolute atomic E-state index is 0.149. The number of hydrogen-bond donors (Lipinski definition) is 0. The molecule has 1 fully saturated rings. The van der Waals surface area contributed by atoms with E-state index >= 15 is 0 Å². The van der Waals surface area contributed by atoms with Crippen LogP contribution in [0.1, 0.15) is 26.3 Å². The lowest BCUT2D eigenvalue weighted by atomic mass is 10.0. The first-order valence-electron chi connectivity index (χ1n) is 9.38. The number of hydrogen-bond acceptors (Lipinski definition) is 7. The van der Waals surface area contributed by atoms with Crippen LogP contribution in [0.4, 0.5) is 0 Å². The first-order valence-corrected chi connectivity index (χ1v) is 9.38. The van der Waals surface area contributed by atoms with Crippen LogP contribution in [0.5, 0.6) is 0 Å². The molecule has 7 nitrogen and oxygen atoms in total. The minimum atomic E-state index is -0.864. The second-order valence-corrected chi connectivity index (χ2v) is 6.79. The van der Waals surface area contributed by atoms with Crippen LogP contribution in [0.25, 0.3) is 0 Å². The van der Waals surface area contributed by atoms with Crippen LogP contribution in [-0.2, 0) is 39.8 Å². The molecule has 0 radical (unpaired) electrons. The predicted octanol–water partition coefficient (Wildman–Crippen LogP) is 2.83. The Morgan fingerprint density at radius 2 is 1.96 bits per heavy atom. The Morgan fingerprint density at radius 1 is 1.21 bits per heavy atom. The molecule has 0 bridgehead atoms. The molecule has 0 unspecified atom stereocenters. The fourth-order valence-electron chi connectivity index (χ4n) is 2.92. The molecule has 1 heterocycles. The van der Waals surface area contributed by atoms with Crippen molar-refractivity contribution < 1.29 is 33.2 Å². The Hall–Kier alpha value is -1.77. The zero-order chi connectivity index (χ0) is 20.4. The van der Waals surface area contributed by atoms with Gasteiger partial charge >= 0.3 is 5.97 Å². The van der Waals surface area contributed by atoms with E-state index in [1.54, 1.807) is 20.1 Å². The number of esters is 1. The molecule has 0 aromatic heterocycles. The van der Waals surface area contributed by atoms with Gasteiger partial charge in [-0.25, -0.2) is 4.79 Å². The molecule has 1 aliphatic rings. The highest BCUT2D eigenvalue weighted by atomic mass is 16.7. The molecule has 0 amide bonds. The average molecular weight is 394 g/mol.